The summed E-state index contributed by atoms with van der Waals surface area (Å²) < 4.78 is 42.4. The van der Waals surface area contributed by atoms with Gasteiger partial charge in [-0.3, -0.25) is 0 Å². The van der Waals surface area contributed by atoms with Gasteiger partial charge in [-0.2, -0.15) is 13.2 Å². The second-order valence-electron chi connectivity index (χ2n) is 6.25. The van der Waals surface area contributed by atoms with Crippen molar-refractivity contribution in [3.8, 4) is 0 Å². The van der Waals surface area contributed by atoms with Gasteiger partial charge in [-0.05, 0) is 31.6 Å². The molecular formula is C14H24F3NO. The van der Waals surface area contributed by atoms with E-state index in [0.717, 1.165) is 25.7 Å². The van der Waals surface area contributed by atoms with Crippen LogP contribution in [0.3, 0.4) is 0 Å². The van der Waals surface area contributed by atoms with Crippen LogP contribution in [-0.4, -0.2) is 31.0 Å². The van der Waals surface area contributed by atoms with Gasteiger partial charge in [0.2, 0.25) is 0 Å². The first-order valence-electron chi connectivity index (χ1n) is 7.33. The van der Waals surface area contributed by atoms with E-state index < -0.39 is 12.6 Å². The number of halogens is 3. The first-order valence-corrected chi connectivity index (χ1v) is 7.33. The molecule has 1 N–H and O–H groups in total. The van der Waals surface area contributed by atoms with Crippen molar-refractivity contribution in [1.29, 1.82) is 0 Å². The van der Waals surface area contributed by atoms with Crippen molar-refractivity contribution in [2.45, 2.75) is 69.7 Å². The van der Waals surface area contributed by atoms with E-state index >= 15 is 0 Å². The summed E-state index contributed by atoms with van der Waals surface area (Å²) in [5, 5.41) is 3.43. The Morgan fingerprint density at radius 3 is 2.58 bits per heavy atom. The van der Waals surface area contributed by atoms with E-state index in [1.807, 2.05) is 0 Å². The predicted molar refractivity (Wildman–Crippen MR) is 68.0 cm³/mol. The molecule has 2 unspecified atom stereocenters. The average Bonchev–Trinajstić information content (AvgIpc) is 3.08. The van der Waals surface area contributed by atoms with Gasteiger partial charge >= 0.3 is 6.18 Å². The molecule has 2 aliphatic carbocycles. The summed E-state index contributed by atoms with van der Waals surface area (Å²) in [7, 11) is 0. The summed E-state index contributed by atoms with van der Waals surface area (Å²) in [4.78, 5) is 0. The molecule has 0 saturated heterocycles. The van der Waals surface area contributed by atoms with E-state index in [1.54, 1.807) is 0 Å². The molecule has 0 aromatic carbocycles. The highest BCUT2D eigenvalue weighted by molar-refractivity contribution is 4.92. The van der Waals surface area contributed by atoms with Gasteiger partial charge in [-0.1, -0.05) is 19.8 Å². The van der Waals surface area contributed by atoms with Crippen molar-refractivity contribution in [2.24, 2.45) is 5.92 Å². The third-order valence-corrected chi connectivity index (χ3v) is 4.13. The Kier molecular flexibility index (Phi) is 4.77. The average molecular weight is 279 g/mol. The standard InChI is InChI=1S/C14H24F3NO/c1-11-3-2-6-13(9-11,10-18-12-4-5-12)19-8-7-14(15,16)17/h11-12,18H,2-10H2,1H3. The minimum atomic E-state index is -4.12. The number of ether oxygens (including phenoxy) is 1. The third kappa shape index (κ3) is 5.30. The first kappa shape index (κ1) is 15.1. The molecule has 5 heteroatoms. The summed E-state index contributed by atoms with van der Waals surface area (Å²) in [6, 6.07) is 0.570. The zero-order valence-electron chi connectivity index (χ0n) is 11.6. The molecule has 0 spiro atoms. The number of nitrogens with one attached hydrogen (secondary N) is 1. The normalized spacial score (nSPS) is 32.5. The predicted octanol–water partition coefficient (Wildman–Crippen LogP) is 3.66. The number of hydrogen-bond acceptors (Lipinski definition) is 2. The van der Waals surface area contributed by atoms with Crippen molar-refractivity contribution >= 4 is 0 Å². The number of hydrogen-bond donors (Lipinski definition) is 1. The van der Waals surface area contributed by atoms with Crippen LogP contribution in [0.5, 0.6) is 0 Å². The molecule has 0 radical (unpaired) electrons. The minimum absolute atomic E-state index is 0.206. The maximum Gasteiger partial charge on any atom is 0.391 e. The van der Waals surface area contributed by atoms with Gasteiger partial charge in [-0.25, -0.2) is 0 Å². The second-order valence-corrected chi connectivity index (χ2v) is 6.25. The van der Waals surface area contributed by atoms with Crippen LogP contribution in [0.15, 0.2) is 0 Å². The maximum atomic E-state index is 12.2. The van der Waals surface area contributed by atoms with Gasteiger partial charge in [0.25, 0.3) is 0 Å². The Balaban J connectivity index is 1.84. The molecule has 2 nitrogen and oxygen atoms in total. The molecule has 0 heterocycles. The van der Waals surface area contributed by atoms with Gasteiger partial charge in [0.05, 0.1) is 18.6 Å². The molecule has 2 rings (SSSR count). The molecular weight excluding hydrogens is 255 g/mol. The van der Waals surface area contributed by atoms with Crippen LogP contribution >= 0.6 is 0 Å². The minimum Gasteiger partial charge on any atom is -0.373 e. The summed E-state index contributed by atoms with van der Waals surface area (Å²) in [6.45, 7) is 2.67. The van der Waals surface area contributed by atoms with E-state index in [9.17, 15) is 13.2 Å². The molecule has 0 bridgehead atoms. The van der Waals surface area contributed by atoms with Crippen LogP contribution in [0.4, 0.5) is 13.2 Å². The lowest BCUT2D eigenvalue weighted by Gasteiger charge is -2.40. The smallest absolute Gasteiger partial charge is 0.373 e. The fourth-order valence-corrected chi connectivity index (χ4v) is 2.96. The maximum absolute atomic E-state index is 12.2. The summed E-state index contributed by atoms with van der Waals surface area (Å²) in [5.41, 5.74) is -0.370. The highest BCUT2D eigenvalue weighted by atomic mass is 19.4. The molecule has 0 amide bonds. The van der Waals surface area contributed by atoms with Crippen LogP contribution in [0.2, 0.25) is 0 Å². The fraction of sp³-hybridized carbons (Fsp3) is 1.00. The monoisotopic (exact) mass is 279 g/mol. The summed E-state index contributed by atoms with van der Waals surface area (Å²) in [5.74, 6) is 0.542. The van der Waals surface area contributed by atoms with Gasteiger partial charge in [0.15, 0.2) is 0 Å². The molecule has 0 aliphatic heterocycles. The highest BCUT2D eigenvalue weighted by Crippen LogP contribution is 2.36. The Morgan fingerprint density at radius 2 is 2.00 bits per heavy atom. The Bertz CT molecular complexity index is 291. The third-order valence-electron chi connectivity index (χ3n) is 4.13. The van der Waals surface area contributed by atoms with Crippen LogP contribution in [0, 0.1) is 5.92 Å². The van der Waals surface area contributed by atoms with E-state index in [4.69, 9.17) is 4.74 Å². The molecule has 19 heavy (non-hydrogen) atoms. The van der Waals surface area contributed by atoms with Gasteiger partial charge < -0.3 is 10.1 Å². The quantitative estimate of drug-likeness (QED) is 0.801. The largest absolute Gasteiger partial charge is 0.391 e. The van der Waals surface area contributed by atoms with E-state index in [0.29, 0.717) is 18.5 Å². The number of alkyl halides is 3. The lowest BCUT2D eigenvalue weighted by molar-refractivity contribution is -0.163. The lowest BCUT2D eigenvalue weighted by atomic mass is 9.78. The van der Waals surface area contributed by atoms with E-state index in [2.05, 4.69) is 12.2 Å². The van der Waals surface area contributed by atoms with Crippen molar-refractivity contribution < 1.29 is 17.9 Å². The van der Waals surface area contributed by atoms with Gasteiger partial charge in [-0.15, -0.1) is 0 Å². The second kappa shape index (κ2) is 6.00. The molecule has 2 atom stereocenters. The van der Waals surface area contributed by atoms with Crippen molar-refractivity contribution in [2.75, 3.05) is 13.2 Å². The van der Waals surface area contributed by atoms with E-state index in [-0.39, 0.29) is 12.2 Å². The molecule has 2 fully saturated rings. The number of rotatable bonds is 6. The Morgan fingerprint density at radius 1 is 1.26 bits per heavy atom. The lowest BCUT2D eigenvalue weighted by Crippen LogP contribution is -2.47. The van der Waals surface area contributed by atoms with Crippen molar-refractivity contribution in [3.05, 3.63) is 0 Å². The van der Waals surface area contributed by atoms with Crippen molar-refractivity contribution in [3.63, 3.8) is 0 Å². The van der Waals surface area contributed by atoms with Gasteiger partial charge in [0, 0.05) is 12.6 Å². The molecule has 112 valence electrons. The van der Waals surface area contributed by atoms with Crippen LogP contribution in [0.1, 0.15) is 51.9 Å². The molecule has 2 aliphatic rings. The molecule has 2 saturated carbocycles. The summed E-state index contributed by atoms with van der Waals surface area (Å²) >= 11 is 0. The Labute approximate surface area is 113 Å². The topological polar surface area (TPSA) is 21.3 Å². The van der Waals surface area contributed by atoms with Gasteiger partial charge in [0.1, 0.15) is 0 Å². The fourth-order valence-electron chi connectivity index (χ4n) is 2.96. The van der Waals surface area contributed by atoms with Crippen LogP contribution < -0.4 is 5.32 Å². The van der Waals surface area contributed by atoms with Crippen LogP contribution in [0.25, 0.3) is 0 Å². The zero-order valence-corrected chi connectivity index (χ0v) is 11.6. The van der Waals surface area contributed by atoms with E-state index in [1.165, 1.54) is 12.8 Å². The summed E-state index contributed by atoms with van der Waals surface area (Å²) in [6.07, 6.45) is 1.40. The first-order chi connectivity index (χ1) is 8.89. The molecule has 0 aromatic rings. The van der Waals surface area contributed by atoms with Crippen molar-refractivity contribution in [1.82, 2.24) is 5.32 Å². The van der Waals surface area contributed by atoms with Crippen LogP contribution in [-0.2, 0) is 4.74 Å². The molecule has 0 aromatic heterocycles. The highest BCUT2D eigenvalue weighted by Gasteiger charge is 2.38. The SMILES string of the molecule is CC1CCCC(CNC2CC2)(OCCC(F)(F)F)C1. The zero-order chi connectivity index (χ0) is 13.9. The Hall–Kier alpha value is -0.290.